The van der Waals surface area contributed by atoms with Gasteiger partial charge in [0.2, 0.25) is 0 Å². The molecule has 1 unspecified atom stereocenters. The van der Waals surface area contributed by atoms with E-state index >= 15 is 0 Å². The fourth-order valence-corrected chi connectivity index (χ4v) is 1.24. The van der Waals surface area contributed by atoms with Crippen molar-refractivity contribution in [2.75, 3.05) is 6.54 Å². The van der Waals surface area contributed by atoms with Crippen LogP contribution in [0, 0.1) is 0 Å². The first kappa shape index (κ1) is 8.37. The summed E-state index contributed by atoms with van der Waals surface area (Å²) in [6.45, 7) is 4.95. The van der Waals surface area contributed by atoms with E-state index < -0.39 is 0 Å². The summed E-state index contributed by atoms with van der Waals surface area (Å²) in [5.41, 5.74) is 5.30. The molecule has 1 rings (SSSR count). The summed E-state index contributed by atoms with van der Waals surface area (Å²) in [4.78, 5) is 4.01. The number of unbranched alkanes of at least 4 members (excludes halogenated alkanes) is 1. The number of ether oxygens (including phenoxy) is 1. The molecule has 0 aromatic carbocycles. The van der Waals surface area contributed by atoms with E-state index in [1.165, 1.54) is 12.8 Å². The lowest BCUT2D eigenvalue weighted by Gasteiger charge is -2.22. The number of rotatable bonds is 3. The number of nitrogens with two attached hydrogens (primary N) is 1. The molecule has 0 fully saturated rings. The zero-order chi connectivity index (χ0) is 8.32. The van der Waals surface area contributed by atoms with Gasteiger partial charge in [0.25, 0.3) is 6.02 Å². The van der Waals surface area contributed by atoms with Crippen molar-refractivity contribution in [1.82, 2.24) is 0 Å². The van der Waals surface area contributed by atoms with E-state index in [0.29, 0.717) is 6.02 Å². The summed E-state index contributed by atoms with van der Waals surface area (Å²) >= 11 is 0. The van der Waals surface area contributed by atoms with Gasteiger partial charge in [-0.2, -0.15) is 0 Å². The molecule has 11 heavy (non-hydrogen) atoms. The molecule has 2 N–H and O–H groups in total. The zero-order valence-corrected chi connectivity index (χ0v) is 7.26. The highest BCUT2D eigenvalue weighted by atomic mass is 16.5. The molecule has 1 atom stereocenters. The van der Waals surface area contributed by atoms with Gasteiger partial charge >= 0.3 is 0 Å². The van der Waals surface area contributed by atoms with E-state index in [2.05, 4.69) is 18.8 Å². The smallest absolute Gasteiger partial charge is 0.282 e. The fourth-order valence-electron chi connectivity index (χ4n) is 1.24. The van der Waals surface area contributed by atoms with Crippen LogP contribution in [0.1, 0.15) is 33.1 Å². The largest absolute Gasteiger partial charge is 0.457 e. The van der Waals surface area contributed by atoms with E-state index in [-0.39, 0.29) is 5.60 Å². The maximum atomic E-state index is 5.41. The summed E-state index contributed by atoms with van der Waals surface area (Å²) in [7, 11) is 0. The molecule has 0 bridgehead atoms. The Kier molecular flexibility index (Phi) is 2.37. The van der Waals surface area contributed by atoms with Crippen molar-refractivity contribution in [2.24, 2.45) is 10.7 Å². The van der Waals surface area contributed by atoms with Crippen molar-refractivity contribution in [2.45, 2.75) is 38.7 Å². The summed E-state index contributed by atoms with van der Waals surface area (Å²) in [6, 6.07) is 0.351. The van der Waals surface area contributed by atoms with Crippen LogP contribution in [-0.2, 0) is 4.74 Å². The van der Waals surface area contributed by atoms with Crippen molar-refractivity contribution in [3.8, 4) is 0 Å². The van der Waals surface area contributed by atoms with E-state index in [1.54, 1.807) is 0 Å². The maximum Gasteiger partial charge on any atom is 0.282 e. The Labute approximate surface area is 67.6 Å². The predicted octanol–water partition coefficient (Wildman–Crippen LogP) is 1.28. The zero-order valence-electron chi connectivity index (χ0n) is 7.26. The second-order valence-corrected chi connectivity index (χ2v) is 3.31. The quantitative estimate of drug-likeness (QED) is 0.669. The molecular weight excluding hydrogens is 140 g/mol. The molecule has 0 radical (unpaired) electrons. The van der Waals surface area contributed by atoms with Crippen molar-refractivity contribution < 1.29 is 4.74 Å². The number of hydrogen-bond donors (Lipinski definition) is 1. The van der Waals surface area contributed by atoms with E-state index in [1.807, 2.05) is 0 Å². The Morgan fingerprint density at radius 2 is 2.45 bits per heavy atom. The van der Waals surface area contributed by atoms with Gasteiger partial charge < -0.3 is 10.5 Å². The number of amidine groups is 1. The number of aliphatic imine (C=N–C) groups is 1. The topological polar surface area (TPSA) is 47.6 Å². The first-order valence-electron chi connectivity index (χ1n) is 4.15. The molecular formula is C8H16N2O. The van der Waals surface area contributed by atoms with Crippen LogP contribution >= 0.6 is 0 Å². The van der Waals surface area contributed by atoms with E-state index in [0.717, 1.165) is 13.0 Å². The Balaban J connectivity index is 2.33. The van der Waals surface area contributed by atoms with Crippen molar-refractivity contribution >= 4 is 6.02 Å². The van der Waals surface area contributed by atoms with Crippen LogP contribution in [0.2, 0.25) is 0 Å². The van der Waals surface area contributed by atoms with E-state index in [4.69, 9.17) is 10.5 Å². The molecule has 0 saturated carbocycles. The highest BCUT2D eigenvalue weighted by molar-refractivity contribution is 5.73. The molecule has 3 heteroatoms. The lowest BCUT2D eigenvalue weighted by atomic mass is 10.00. The van der Waals surface area contributed by atoms with Crippen LogP contribution < -0.4 is 5.73 Å². The highest BCUT2D eigenvalue weighted by Gasteiger charge is 2.30. The van der Waals surface area contributed by atoms with E-state index in [9.17, 15) is 0 Å². The molecule has 0 amide bonds. The first-order valence-corrected chi connectivity index (χ1v) is 4.15. The van der Waals surface area contributed by atoms with Crippen LogP contribution in [-0.4, -0.2) is 18.2 Å². The third-order valence-electron chi connectivity index (χ3n) is 1.98. The minimum atomic E-state index is -0.111. The van der Waals surface area contributed by atoms with Crippen molar-refractivity contribution in [1.29, 1.82) is 0 Å². The van der Waals surface area contributed by atoms with Gasteiger partial charge in [0, 0.05) is 0 Å². The van der Waals surface area contributed by atoms with Crippen LogP contribution in [0.3, 0.4) is 0 Å². The predicted molar refractivity (Wildman–Crippen MR) is 45.5 cm³/mol. The maximum absolute atomic E-state index is 5.41. The number of nitrogens with zero attached hydrogens (tertiary/aromatic N) is 1. The summed E-state index contributed by atoms with van der Waals surface area (Å²) < 4.78 is 5.38. The third-order valence-corrected chi connectivity index (χ3v) is 1.98. The average molecular weight is 156 g/mol. The first-order chi connectivity index (χ1) is 5.16. The minimum absolute atomic E-state index is 0.111. The Hall–Kier alpha value is -0.730. The van der Waals surface area contributed by atoms with Gasteiger partial charge in [-0.1, -0.05) is 13.3 Å². The number of hydrogen-bond acceptors (Lipinski definition) is 3. The highest BCUT2D eigenvalue weighted by Crippen LogP contribution is 2.22. The molecule has 1 heterocycles. The van der Waals surface area contributed by atoms with Gasteiger partial charge in [0.15, 0.2) is 0 Å². The average Bonchev–Trinajstić information content (AvgIpc) is 2.28. The molecule has 64 valence electrons. The Bertz CT molecular complexity index is 167. The second kappa shape index (κ2) is 3.11. The van der Waals surface area contributed by atoms with Crippen LogP contribution in [0.15, 0.2) is 4.99 Å². The van der Waals surface area contributed by atoms with Crippen molar-refractivity contribution in [3.05, 3.63) is 0 Å². The van der Waals surface area contributed by atoms with Crippen LogP contribution in [0.25, 0.3) is 0 Å². The minimum Gasteiger partial charge on any atom is -0.457 e. The second-order valence-electron chi connectivity index (χ2n) is 3.31. The standard InChI is InChI=1S/C8H16N2O/c1-3-4-5-8(2)6-10-7(9)11-8/h3-6H2,1-2H3,(H2,9,10). The molecule has 3 nitrogen and oxygen atoms in total. The lowest BCUT2D eigenvalue weighted by Crippen LogP contribution is -2.30. The summed E-state index contributed by atoms with van der Waals surface area (Å²) in [5, 5.41) is 0. The Morgan fingerprint density at radius 1 is 1.73 bits per heavy atom. The van der Waals surface area contributed by atoms with Gasteiger partial charge in [-0.25, -0.2) is 4.99 Å². The van der Waals surface area contributed by atoms with Gasteiger partial charge in [0.05, 0.1) is 6.54 Å². The Morgan fingerprint density at radius 3 is 2.91 bits per heavy atom. The summed E-state index contributed by atoms with van der Waals surface area (Å²) in [6.07, 6.45) is 3.42. The molecule has 0 spiro atoms. The third kappa shape index (κ3) is 2.10. The molecule has 0 saturated heterocycles. The molecule has 0 aliphatic carbocycles. The molecule has 0 aromatic heterocycles. The lowest BCUT2D eigenvalue weighted by molar-refractivity contribution is 0.0937. The molecule has 1 aliphatic rings. The molecule has 0 aromatic rings. The van der Waals surface area contributed by atoms with Gasteiger partial charge in [-0.3, -0.25) is 0 Å². The van der Waals surface area contributed by atoms with Gasteiger partial charge in [0.1, 0.15) is 5.60 Å². The molecule has 1 aliphatic heterocycles. The summed E-state index contributed by atoms with van der Waals surface area (Å²) in [5.74, 6) is 0. The van der Waals surface area contributed by atoms with Crippen LogP contribution in [0.4, 0.5) is 0 Å². The SMILES string of the molecule is CCCCC1(C)CN=C(N)O1. The van der Waals surface area contributed by atoms with Gasteiger partial charge in [-0.05, 0) is 19.8 Å². The van der Waals surface area contributed by atoms with Crippen molar-refractivity contribution in [3.63, 3.8) is 0 Å². The monoisotopic (exact) mass is 156 g/mol. The normalized spacial score (nSPS) is 29.8. The van der Waals surface area contributed by atoms with Crippen LogP contribution in [0.5, 0.6) is 0 Å². The van der Waals surface area contributed by atoms with Gasteiger partial charge in [-0.15, -0.1) is 0 Å². The fraction of sp³-hybridized carbons (Fsp3) is 0.875.